The van der Waals surface area contributed by atoms with Crippen molar-refractivity contribution in [3.05, 3.63) is 0 Å². The zero-order valence-corrected chi connectivity index (χ0v) is 5.54. The van der Waals surface area contributed by atoms with Gasteiger partial charge in [0.1, 0.15) is 5.78 Å². The van der Waals surface area contributed by atoms with Gasteiger partial charge in [0.25, 0.3) is 0 Å². The van der Waals surface area contributed by atoms with Crippen molar-refractivity contribution in [2.24, 2.45) is 0 Å². The second-order valence-corrected chi connectivity index (χ2v) is 2.03. The van der Waals surface area contributed by atoms with E-state index < -0.39 is 6.16 Å². The fourth-order valence-electron chi connectivity index (χ4n) is 0.769. The molecule has 10 heavy (non-hydrogen) atoms. The first-order chi connectivity index (χ1) is 4.63. The van der Waals surface area contributed by atoms with Crippen molar-refractivity contribution >= 4 is 11.9 Å². The summed E-state index contributed by atoms with van der Waals surface area (Å²) in [4.78, 5) is 18.8. The van der Waals surface area contributed by atoms with E-state index in [0.29, 0.717) is 5.78 Å². The van der Waals surface area contributed by atoms with Crippen LogP contribution in [0.4, 0.5) is 4.79 Å². The molecule has 0 aromatic heterocycles. The third kappa shape index (κ3) is 6.94. The highest BCUT2D eigenvalue weighted by Gasteiger charge is 2.07. The highest BCUT2D eigenvalue weighted by molar-refractivity contribution is 5.79. The van der Waals surface area contributed by atoms with E-state index in [1.807, 2.05) is 0 Å². The van der Waals surface area contributed by atoms with E-state index in [4.69, 9.17) is 15.0 Å². The summed E-state index contributed by atoms with van der Waals surface area (Å²) in [5.41, 5.74) is 0. The molecule has 0 aliphatic heterocycles. The largest absolute Gasteiger partial charge is 0.503 e. The molecule has 0 spiro atoms. The monoisotopic (exact) mass is 146 g/mol. The molecule has 1 saturated carbocycles. The van der Waals surface area contributed by atoms with Gasteiger partial charge in [-0.05, 0) is 12.8 Å². The second kappa shape index (κ2) is 4.78. The molecule has 0 amide bonds. The number of Topliss-reactive ketones (excluding diaryl/α,β-unsaturated/α-hetero) is 1. The van der Waals surface area contributed by atoms with E-state index in [-0.39, 0.29) is 0 Å². The molecule has 4 nitrogen and oxygen atoms in total. The van der Waals surface area contributed by atoms with Gasteiger partial charge in [-0.1, -0.05) is 0 Å². The average Bonchev–Trinajstić information content (AvgIpc) is 2.15. The molecular weight excluding hydrogens is 136 g/mol. The Morgan fingerprint density at radius 3 is 1.60 bits per heavy atom. The highest BCUT2D eigenvalue weighted by atomic mass is 16.6. The van der Waals surface area contributed by atoms with Gasteiger partial charge in [0.2, 0.25) is 0 Å². The highest BCUT2D eigenvalue weighted by Crippen LogP contribution is 2.11. The SMILES string of the molecule is O=C(O)O.O=C1CCCC1. The van der Waals surface area contributed by atoms with Gasteiger partial charge in [-0.25, -0.2) is 4.79 Å². The van der Waals surface area contributed by atoms with Crippen LogP contribution < -0.4 is 0 Å². The van der Waals surface area contributed by atoms with Crippen LogP contribution in [0.3, 0.4) is 0 Å². The van der Waals surface area contributed by atoms with Crippen LogP contribution in [-0.4, -0.2) is 22.2 Å². The van der Waals surface area contributed by atoms with Crippen molar-refractivity contribution in [1.29, 1.82) is 0 Å². The molecular formula is C6H10O4. The predicted octanol–water partition coefficient (Wildman–Crippen LogP) is 1.35. The Morgan fingerprint density at radius 1 is 1.20 bits per heavy atom. The minimum atomic E-state index is -1.83. The molecule has 0 aromatic carbocycles. The molecule has 1 fully saturated rings. The van der Waals surface area contributed by atoms with Crippen molar-refractivity contribution in [2.75, 3.05) is 0 Å². The van der Waals surface area contributed by atoms with Crippen molar-refractivity contribution < 1.29 is 19.8 Å². The molecule has 0 bridgehead atoms. The number of ketones is 1. The molecule has 0 radical (unpaired) electrons. The molecule has 1 rings (SSSR count). The fourth-order valence-corrected chi connectivity index (χ4v) is 0.769. The number of rotatable bonds is 0. The molecule has 4 heteroatoms. The average molecular weight is 146 g/mol. The summed E-state index contributed by atoms with van der Waals surface area (Å²) < 4.78 is 0. The first-order valence-corrected chi connectivity index (χ1v) is 3.06. The smallest absolute Gasteiger partial charge is 0.450 e. The molecule has 0 saturated heterocycles. The van der Waals surface area contributed by atoms with E-state index in [9.17, 15) is 4.79 Å². The quantitative estimate of drug-likeness (QED) is 0.541. The van der Waals surface area contributed by atoms with E-state index >= 15 is 0 Å². The zero-order chi connectivity index (χ0) is 7.98. The van der Waals surface area contributed by atoms with Crippen LogP contribution in [0.5, 0.6) is 0 Å². The minimum absolute atomic E-state index is 0.454. The van der Waals surface area contributed by atoms with Crippen molar-refractivity contribution in [1.82, 2.24) is 0 Å². The number of hydrogen-bond acceptors (Lipinski definition) is 2. The number of carbonyl (C=O) groups is 2. The summed E-state index contributed by atoms with van der Waals surface area (Å²) in [6, 6.07) is 0. The molecule has 2 N–H and O–H groups in total. The number of carboxylic acid groups (broad SMARTS) is 2. The fraction of sp³-hybridized carbons (Fsp3) is 0.667. The molecule has 58 valence electrons. The molecule has 1 aliphatic rings. The molecule has 1 aliphatic carbocycles. The van der Waals surface area contributed by atoms with Gasteiger partial charge in [-0.15, -0.1) is 0 Å². The summed E-state index contributed by atoms with van der Waals surface area (Å²) in [7, 11) is 0. The maximum Gasteiger partial charge on any atom is 0.503 e. The van der Waals surface area contributed by atoms with Gasteiger partial charge in [0.15, 0.2) is 0 Å². The topological polar surface area (TPSA) is 74.6 Å². The third-order valence-electron chi connectivity index (χ3n) is 1.16. The Hall–Kier alpha value is -1.06. The lowest BCUT2D eigenvalue weighted by Crippen LogP contribution is -1.81. The van der Waals surface area contributed by atoms with Gasteiger partial charge in [0, 0.05) is 12.8 Å². The van der Waals surface area contributed by atoms with Crippen LogP contribution in [0.15, 0.2) is 0 Å². The Morgan fingerprint density at radius 2 is 1.50 bits per heavy atom. The van der Waals surface area contributed by atoms with Crippen LogP contribution in [-0.2, 0) is 4.79 Å². The number of hydrogen-bond donors (Lipinski definition) is 2. The first-order valence-electron chi connectivity index (χ1n) is 3.06. The summed E-state index contributed by atoms with van der Waals surface area (Å²) in [6.45, 7) is 0. The first kappa shape index (κ1) is 8.94. The van der Waals surface area contributed by atoms with Gasteiger partial charge in [-0.3, -0.25) is 4.79 Å². The van der Waals surface area contributed by atoms with Crippen molar-refractivity contribution in [3.63, 3.8) is 0 Å². The van der Waals surface area contributed by atoms with Crippen molar-refractivity contribution in [3.8, 4) is 0 Å². The minimum Gasteiger partial charge on any atom is -0.450 e. The van der Waals surface area contributed by atoms with Gasteiger partial charge >= 0.3 is 6.16 Å². The van der Waals surface area contributed by atoms with Crippen LogP contribution >= 0.6 is 0 Å². The lowest BCUT2D eigenvalue weighted by Gasteiger charge is -1.71. The van der Waals surface area contributed by atoms with Crippen molar-refractivity contribution in [2.45, 2.75) is 25.7 Å². The summed E-state index contributed by atoms with van der Waals surface area (Å²) in [5.74, 6) is 0.454. The third-order valence-corrected chi connectivity index (χ3v) is 1.16. The standard InChI is InChI=1S/C5H8O.CH2O3/c6-5-3-1-2-4-5;2-1(3)4/h1-4H2;(H2,2,3,4). The summed E-state index contributed by atoms with van der Waals surface area (Å²) in [5, 5.41) is 13.9. The Bertz CT molecular complexity index is 118. The normalized spacial score (nSPS) is 15.8. The number of carbonyl (C=O) groups excluding carboxylic acids is 1. The Balaban J connectivity index is 0.000000180. The Kier molecular flexibility index (Phi) is 4.28. The van der Waals surface area contributed by atoms with Gasteiger partial charge in [0.05, 0.1) is 0 Å². The maximum absolute atomic E-state index is 10.2. The van der Waals surface area contributed by atoms with Crippen LogP contribution in [0.25, 0.3) is 0 Å². The van der Waals surface area contributed by atoms with E-state index in [1.54, 1.807) is 0 Å². The second-order valence-electron chi connectivity index (χ2n) is 2.03. The van der Waals surface area contributed by atoms with Crippen LogP contribution in [0, 0.1) is 0 Å². The molecule has 0 heterocycles. The summed E-state index contributed by atoms with van der Waals surface area (Å²) >= 11 is 0. The Labute approximate surface area is 58.5 Å². The van der Waals surface area contributed by atoms with E-state index in [2.05, 4.69) is 0 Å². The van der Waals surface area contributed by atoms with Crippen LogP contribution in [0.1, 0.15) is 25.7 Å². The van der Waals surface area contributed by atoms with Gasteiger partial charge in [-0.2, -0.15) is 0 Å². The van der Waals surface area contributed by atoms with Crippen LogP contribution in [0.2, 0.25) is 0 Å². The summed E-state index contributed by atoms with van der Waals surface area (Å²) in [6.07, 6.45) is 2.14. The lowest BCUT2D eigenvalue weighted by molar-refractivity contribution is -0.117. The lowest BCUT2D eigenvalue weighted by atomic mass is 10.4. The molecule has 0 aromatic rings. The molecule has 0 atom stereocenters. The van der Waals surface area contributed by atoms with Gasteiger partial charge < -0.3 is 10.2 Å². The maximum atomic E-state index is 10.2. The zero-order valence-electron chi connectivity index (χ0n) is 5.54. The van der Waals surface area contributed by atoms with E-state index in [1.165, 1.54) is 0 Å². The molecule has 0 unspecified atom stereocenters. The van der Waals surface area contributed by atoms with E-state index in [0.717, 1.165) is 25.7 Å². The predicted molar refractivity (Wildman–Crippen MR) is 34.1 cm³/mol.